The zero-order valence-corrected chi connectivity index (χ0v) is 13.0. The number of carbonyl (C=O) groups is 2. The third-order valence-corrected chi connectivity index (χ3v) is 3.85. The minimum Gasteiger partial charge on any atom is -0.325 e. The standard InChI is InChI=1S/C18H21N3O2/c19-13-12-18(23)21-16-9-7-15(8-10-16)20-17(22)11-6-14-4-2-1-3-5-14/h6-11,14H,1-5,12H2,(H,20,22)(H,21,23)/b11-6+. The van der Waals surface area contributed by atoms with Crippen LogP contribution in [0.1, 0.15) is 38.5 Å². The molecule has 2 rings (SSSR count). The molecule has 1 saturated carbocycles. The number of anilines is 2. The molecule has 23 heavy (non-hydrogen) atoms. The summed E-state index contributed by atoms with van der Waals surface area (Å²) < 4.78 is 0. The van der Waals surface area contributed by atoms with Crippen molar-refractivity contribution in [3.63, 3.8) is 0 Å². The number of allylic oxidation sites excluding steroid dienone is 1. The van der Waals surface area contributed by atoms with Crippen molar-refractivity contribution >= 4 is 23.2 Å². The minimum absolute atomic E-state index is 0.142. The van der Waals surface area contributed by atoms with Crippen molar-refractivity contribution in [2.45, 2.75) is 38.5 Å². The lowest BCUT2D eigenvalue weighted by atomic mass is 9.89. The van der Waals surface area contributed by atoms with Crippen LogP contribution >= 0.6 is 0 Å². The molecular weight excluding hydrogens is 290 g/mol. The fourth-order valence-electron chi connectivity index (χ4n) is 2.65. The second-order valence-corrected chi connectivity index (χ2v) is 5.71. The van der Waals surface area contributed by atoms with Crippen LogP contribution in [0.25, 0.3) is 0 Å². The molecule has 1 aromatic rings. The number of nitriles is 1. The Morgan fingerprint density at radius 3 is 2.30 bits per heavy atom. The largest absolute Gasteiger partial charge is 0.325 e. The molecule has 0 aromatic heterocycles. The molecule has 2 N–H and O–H groups in total. The number of carbonyl (C=O) groups excluding carboxylic acids is 2. The highest BCUT2D eigenvalue weighted by Crippen LogP contribution is 2.24. The van der Waals surface area contributed by atoms with Gasteiger partial charge in [0.2, 0.25) is 11.8 Å². The summed E-state index contributed by atoms with van der Waals surface area (Å²) in [5, 5.41) is 13.8. The number of hydrogen-bond acceptors (Lipinski definition) is 3. The molecular formula is C18H21N3O2. The number of hydrogen-bond donors (Lipinski definition) is 2. The van der Waals surface area contributed by atoms with Gasteiger partial charge in [-0.2, -0.15) is 5.26 Å². The van der Waals surface area contributed by atoms with Crippen molar-refractivity contribution in [1.82, 2.24) is 0 Å². The van der Waals surface area contributed by atoms with Crippen LogP contribution in [0.3, 0.4) is 0 Å². The maximum Gasteiger partial charge on any atom is 0.248 e. The van der Waals surface area contributed by atoms with Gasteiger partial charge in [0.25, 0.3) is 0 Å². The Kier molecular flexibility index (Phi) is 6.37. The van der Waals surface area contributed by atoms with E-state index in [4.69, 9.17) is 5.26 Å². The fraction of sp³-hybridized carbons (Fsp3) is 0.389. The molecule has 120 valence electrons. The summed E-state index contributed by atoms with van der Waals surface area (Å²) in [4.78, 5) is 23.2. The van der Waals surface area contributed by atoms with Crippen LogP contribution in [0.5, 0.6) is 0 Å². The number of amides is 2. The van der Waals surface area contributed by atoms with Crippen LogP contribution in [0.15, 0.2) is 36.4 Å². The van der Waals surface area contributed by atoms with E-state index in [2.05, 4.69) is 10.6 Å². The summed E-state index contributed by atoms with van der Waals surface area (Å²) in [5.41, 5.74) is 1.27. The average Bonchev–Trinajstić information content (AvgIpc) is 2.56. The molecule has 0 bridgehead atoms. The highest BCUT2D eigenvalue weighted by atomic mass is 16.2. The highest BCUT2D eigenvalue weighted by molar-refractivity contribution is 5.99. The van der Waals surface area contributed by atoms with Crippen LogP contribution < -0.4 is 10.6 Å². The van der Waals surface area contributed by atoms with Crippen LogP contribution in [0.4, 0.5) is 11.4 Å². The van der Waals surface area contributed by atoms with E-state index >= 15 is 0 Å². The molecule has 0 saturated heterocycles. The van der Waals surface area contributed by atoms with Gasteiger partial charge < -0.3 is 10.6 Å². The van der Waals surface area contributed by atoms with Gasteiger partial charge in [-0.05, 0) is 49.1 Å². The smallest absolute Gasteiger partial charge is 0.248 e. The van der Waals surface area contributed by atoms with Crippen molar-refractivity contribution in [1.29, 1.82) is 5.26 Å². The number of nitrogens with zero attached hydrogens (tertiary/aromatic N) is 1. The summed E-state index contributed by atoms with van der Waals surface area (Å²) >= 11 is 0. The van der Waals surface area contributed by atoms with Gasteiger partial charge in [0.15, 0.2) is 0 Å². The molecule has 1 aromatic carbocycles. The van der Waals surface area contributed by atoms with Crippen LogP contribution in [-0.2, 0) is 9.59 Å². The van der Waals surface area contributed by atoms with E-state index in [9.17, 15) is 9.59 Å². The molecule has 1 fully saturated rings. The molecule has 5 heteroatoms. The minimum atomic E-state index is -0.347. The Hall–Kier alpha value is -2.61. The zero-order valence-electron chi connectivity index (χ0n) is 13.0. The van der Waals surface area contributed by atoms with Crippen molar-refractivity contribution in [3.05, 3.63) is 36.4 Å². The predicted octanol–water partition coefficient (Wildman–Crippen LogP) is 3.61. The van der Waals surface area contributed by atoms with E-state index in [0.717, 1.165) is 0 Å². The topological polar surface area (TPSA) is 82.0 Å². The number of rotatable bonds is 5. The molecule has 5 nitrogen and oxygen atoms in total. The van der Waals surface area contributed by atoms with Crippen LogP contribution in [-0.4, -0.2) is 11.8 Å². The monoisotopic (exact) mass is 311 g/mol. The third kappa shape index (κ3) is 5.95. The molecule has 0 spiro atoms. The highest BCUT2D eigenvalue weighted by Gasteiger charge is 2.10. The summed E-state index contributed by atoms with van der Waals surface area (Å²) in [7, 11) is 0. The van der Waals surface area contributed by atoms with Crippen molar-refractivity contribution < 1.29 is 9.59 Å². The van der Waals surface area contributed by atoms with Crippen molar-refractivity contribution in [2.75, 3.05) is 10.6 Å². The first-order valence-electron chi connectivity index (χ1n) is 7.93. The SMILES string of the molecule is N#CCC(=O)Nc1ccc(NC(=O)/C=C/C2CCCCC2)cc1. The Morgan fingerprint density at radius 1 is 1.09 bits per heavy atom. The molecule has 0 unspecified atom stereocenters. The van der Waals surface area contributed by atoms with E-state index < -0.39 is 0 Å². The average molecular weight is 311 g/mol. The molecule has 0 heterocycles. The summed E-state index contributed by atoms with van der Waals surface area (Å²) in [6.07, 6.45) is 9.56. The first-order valence-corrected chi connectivity index (χ1v) is 7.93. The molecule has 1 aliphatic carbocycles. The van der Waals surface area contributed by atoms with Crippen LogP contribution in [0, 0.1) is 17.2 Å². The molecule has 0 radical (unpaired) electrons. The third-order valence-electron chi connectivity index (χ3n) is 3.85. The maximum atomic E-state index is 11.9. The van der Waals surface area contributed by atoms with Crippen molar-refractivity contribution in [3.8, 4) is 6.07 Å². The number of benzene rings is 1. The Labute approximate surface area is 136 Å². The van der Waals surface area contributed by atoms with Gasteiger partial charge in [-0.3, -0.25) is 9.59 Å². The van der Waals surface area contributed by atoms with E-state index in [-0.39, 0.29) is 18.2 Å². The fourth-order valence-corrected chi connectivity index (χ4v) is 2.65. The summed E-state index contributed by atoms with van der Waals surface area (Å²) in [6.45, 7) is 0. The van der Waals surface area contributed by atoms with Gasteiger partial charge >= 0.3 is 0 Å². The van der Waals surface area contributed by atoms with Gasteiger partial charge in [-0.15, -0.1) is 0 Å². The lowest BCUT2D eigenvalue weighted by Gasteiger charge is -2.17. The molecule has 1 aliphatic rings. The molecule has 0 aliphatic heterocycles. The summed E-state index contributed by atoms with van der Waals surface area (Å²) in [6, 6.07) is 8.60. The second kappa shape index (κ2) is 8.74. The lowest BCUT2D eigenvalue weighted by molar-refractivity contribution is -0.115. The van der Waals surface area contributed by atoms with Crippen molar-refractivity contribution in [2.24, 2.45) is 5.92 Å². The van der Waals surface area contributed by atoms with Crippen LogP contribution in [0.2, 0.25) is 0 Å². The van der Waals surface area contributed by atoms with E-state index in [1.807, 2.05) is 6.08 Å². The lowest BCUT2D eigenvalue weighted by Crippen LogP contribution is -2.11. The van der Waals surface area contributed by atoms with Gasteiger partial charge in [-0.1, -0.05) is 25.3 Å². The van der Waals surface area contributed by atoms with Gasteiger partial charge in [0.05, 0.1) is 6.07 Å². The second-order valence-electron chi connectivity index (χ2n) is 5.71. The Balaban J connectivity index is 1.82. The van der Waals surface area contributed by atoms with Gasteiger partial charge in [0.1, 0.15) is 6.42 Å². The zero-order chi connectivity index (χ0) is 16.5. The van der Waals surface area contributed by atoms with E-state index in [1.165, 1.54) is 32.1 Å². The molecule has 0 atom stereocenters. The predicted molar refractivity (Wildman–Crippen MR) is 89.6 cm³/mol. The Morgan fingerprint density at radius 2 is 1.70 bits per heavy atom. The maximum absolute atomic E-state index is 11.9. The van der Waals surface area contributed by atoms with Gasteiger partial charge in [-0.25, -0.2) is 0 Å². The molecule has 2 amide bonds. The number of nitrogens with one attached hydrogen (secondary N) is 2. The normalized spacial score (nSPS) is 15.1. The summed E-state index contributed by atoms with van der Waals surface area (Å²) in [5.74, 6) is 0.0313. The van der Waals surface area contributed by atoms with E-state index in [0.29, 0.717) is 17.3 Å². The first-order chi connectivity index (χ1) is 11.2. The van der Waals surface area contributed by atoms with E-state index in [1.54, 1.807) is 36.4 Å². The Bertz CT molecular complexity index is 608. The van der Waals surface area contributed by atoms with Gasteiger partial charge in [0, 0.05) is 11.4 Å². The first kappa shape index (κ1) is 16.8. The quantitative estimate of drug-likeness (QED) is 0.815.